The molecule has 4 atom stereocenters. The van der Waals surface area contributed by atoms with Gasteiger partial charge in [-0.2, -0.15) is 0 Å². The fourth-order valence-electron chi connectivity index (χ4n) is 5.68. The average molecular weight is 425 g/mol. The first-order chi connectivity index (χ1) is 15.1. The Hall–Kier alpha value is -2.17. The van der Waals surface area contributed by atoms with Gasteiger partial charge >= 0.3 is 0 Å². The molecule has 0 unspecified atom stereocenters. The maximum atomic E-state index is 13.6. The van der Waals surface area contributed by atoms with Gasteiger partial charge in [0.05, 0.1) is 17.9 Å². The molecule has 3 fully saturated rings. The van der Waals surface area contributed by atoms with Crippen LogP contribution in [0.2, 0.25) is 0 Å². The number of fused-ring (bicyclic) bond motifs is 1. The maximum Gasteiger partial charge on any atom is 0.251 e. The summed E-state index contributed by atoms with van der Waals surface area (Å²) in [6.45, 7) is 2.00. The van der Waals surface area contributed by atoms with E-state index in [0.29, 0.717) is 5.56 Å². The molecule has 3 amide bonds. The number of likely N-dealkylation sites (tertiary alicyclic amines) is 1. The zero-order chi connectivity index (χ0) is 21.8. The lowest BCUT2D eigenvalue weighted by Crippen LogP contribution is -2.65. The van der Waals surface area contributed by atoms with Crippen molar-refractivity contribution in [2.45, 2.75) is 96.1 Å². The third-order valence-corrected chi connectivity index (χ3v) is 7.57. The lowest BCUT2D eigenvalue weighted by molar-refractivity contribution is -0.170. The Balaban J connectivity index is 1.50. The Kier molecular flexibility index (Phi) is 7.09. The Labute approximate surface area is 186 Å². The number of imide groups is 1. The van der Waals surface area contributed by atoms with Crippen molar-refractivity contribution >= 4 is 17.7 Å². The minimum Gasteiger partial charge on any atom is -0.349 e. The molecule has 5 heteroatoms. The molecule has 1 N–H and O–H groups in total. The van der Waals surface area contributed by atoms with Crippen LogP contribution in [0.25, 0.3) is 0 Å². The van der Waals surface area contributed by atoms with E-state index in [9.17, 15) is 14.4 Å². The maximum absolute atomic E-state index is 13.6. The Morgan fingerprint density at radius 2 is 1.45 bits per heavy atom. The van der Waals surface area contributed by atoms with Crippen LogP contribution in [0, 0.1) is 18.8 Å². The van der Waals surface area contributed by atoms with Gasteiger partial charge in [-0.3, -0.25) is 19.3 Å². The van der Waals surface area contributed by atoms with Crippen LogP contribution in [0.5, 0.6) is 0 Å². The number of carbonyl (C=O) groups is 3. The number of hydrogen-bond acceptors (Lipinski definition) is 3. The normalized spacial score (nSPS) is 29.5. The number of carbonyl (C=O) groups excluding carboxylic acids is 3. The van der Waals surface area contributed by atoms with E-state index >= 15 is 0 Å². The summed E-state index contributed by atoms with van der Waals surface area (Å²) in [5, 5.41) is 3.17. The highest BCUT2D eigenvalue weighted by Crippen LogP contribution is 2.39. The number of amides is 3. The monoisotopic (exact) mass is 424 g/mol. The number of benzene rings is 1. The first kappa shape index (κ1) is 22.0. The van der Waals surface area contributed by atoms with Crippen LogP contribution in [-0.2, 0) is 9.59 Å². The van der Waals surface area contributed by atoms with Crippen LogP contribution in [0.3, 0.4) is 0 Å². The molecule has 4 rings (SSSR count). The van der Waals surface area contributed by atoms with Crippen molar-refractivity contribution in [3.05, 3.63) is 35.4 Å². The molecule has 1 aromatic rings. The Morgan fingerprint density at radius 1 is 0.839 bits per heavy atom. The second kappa shape index (κ2) is 9.97. The highest BCUT2D eigenvalue weighted by molar-refractivity contribution is 6.03. The van der Waals surface area contributed by atoms with Crippen LogP contribution in [-0.4, -0.2) is 34.7 Å². The molecule has 168 valence electrons. The van der Waals surface area contributed by atoms with E-state index in [1.54, 1.807) is 4.90 Å². The summed E-state index contributed by atoms with van der Waals surface area (Å²) in [6, 6.07) is 7.42. The lowest BCUT2D eigenvalue weighted by Gasteiger charge is -2.48. The zero-order valence-corrected chi connectivity index (χ0v) is 18.8. The van der Waals surface area contributed by atoms with Crippen LogP contribution in [0.4, 0.5) is 0 Å². The van der Waals surface area contributed by atoms with Crippen LogP contribution >= 0.6 is 0 Å². The van der Waals surface area contributed by atoms with E-state index in [1.165, 1.54) is 12.8 Å². The summed E-state index contributed by atoms with van der Waals surface area (Å²) < 4.78 is 0. The Bertz CT molecular complexity index is 803. The molecule has 1 heterocycles. The summed E-state index contributed by atoms with van der Waals surface area (Å²) in [5.41, 5.74) is 1.74. The number of nitrogens with one attached hydrogen (secondary N) is 1. The predicted octanol–water partition coefficient (Wildman–Crippen LogP) is 4.77. The molecule has 0 aromatic heterocycles. The van der Waals surface area contributed by atoms with E-state index in [4.69, 9.17) is 0 Å². The Morgan fingerprint density at radius 3 is 2.16 bits per heavy atom. The second-order valence-corrected chi connectivity index (χ2v) is 9.76. The van der Waals surface area contributed by atoms with Crippen molar-refractivity contribution in [1.82, 2.24) is 10.2 Å². The van der Waals surface area contributed by atoms with Gasteiger partial charge in [0.25, 0.3) is 5.91 Å². The van der Waals surface area contributed by atoms with E-state index in [-0.39, 0.29) is 41.6 Å². The van der Waals surface area contributed by atoms with E-state index < -0.39 is 0 Å². The van der Waals surface area contributed by atoms with Gasteiger partial charge in [-0.25, -0.2) is 0 Å². The number of β-lactam (4-membered cyclic amide) rings is 1. The number of rotatable bonds is 3. The SMILES string of the molecule is Cc1ccc(C(=O)N[C@H]2CCCCCC[C@H]2C(=O)N2C(=O)[C@@H]3CCCCCC[C@@H]32)cc1. The third kappa shape index (κ3) is 4.86. The molecule has 31 heavy (non-hydrogen) atoms. The van der Waals surface area contributed by atoms with Gasteiger partial charge in [-0.05, 0) is 44.7 Å². The molecular formula is C26H36N2O3. The largest absolute Gasteiger partial charge is 0.349 e. The van der Waals surface area contributed by atoms with E-state index in [1.807, 2.05) is 31.2 Å². The van der Waals surface area contributed by atoms with Gasteiger partial charge in [0, 0.05) is 11.6 Å². The van der Waals surface area contributed by atoms with Gasteiger partial charge in [0.15, 0.2) is 0 Å². The van der Waals surface area contributed by atoms with Gasteiger partial charge in [-0.15, -0.1) is 0 Å². The van der Waals surface area contributed by atoms with Crippen LogP contribution in [0.1, 0.15) is 93.0 Å². The molecule has 0 spiro atoms. The van der Waals surface area contributed by atoms with Crippen molar-refractivity contribution in [3.63, 3.8) is 0 Å². The smallest absolute Gasteiger partial charge is 0.251 e. The molecule has 2 saturated carbocycles. The fraction of sp³-hybridized carbons (Fsp3) is 0.654. The van der Waals surface area contributed by atoms with E-state index in [0.717, 1.165) is 69.8 Å². The van der Waals surface area contributed by atoms with Crippen molar-refractivity contribution in [3.8, 4) is 0 Å². The molecular weight excluding hydrogens is 388 g/mol. The lowest BCUT2D eigenvalue weighted by atomic mass is 9.76. The van der Waals surface area contributed by atoms with Gasteiger partial charge < -0.3 is 5.32 Å². The predicted molar refractivity (Wildman–Crippen MR) is 120 cm³/mol. The standard InChI is InChI=1S/C26H36N2O3/c1-18-14-16-19(17-15-18)24(29)27-22-12-8-4-2-6-10-20(22)25(30)28-23-13-9-5-3-7-11-21(23)26(28)31/h14-17,20-23H,2-13H2,1H3,(H,27,29)/t20-,21-,22+,23+/m1/s1. The summed E-state index contributed by atoms with van der Waals surface area (Å²) in [5.74, 6) is -0.393. The first-order valence-corrected chi connectivity index (χ1v) is 12.3. The topological polar surface area (TPSA) is 66.5 Å². The fourth-order valence-corrected chi connectivity index (χ4v) is 5.68. The molecule has 2 aliphatic carbocycles. The highest BCUT2D eigenvalue weighted by Gasteiger charge is 2.51. The van der Waals surface area contributed by atoms with Crippen LogP contribution < -0.4 is 5.32 Å². The van der Waals surface area contributed by atoms with Gasteiger partial charge in [0.2, 0.25) is 11.8 Å². The van der Waals surface area contributed by atoms with E-state index in [2.05, 4.69) is 5.32 Å². The molecule has 5 nitrogen and oxygen atoms in total. The summed E-state index contributed by atoms with van der Waals surface area (Å²) in [4.78, 5) is 41.0. The van der Waals surface area contributed by atoms with Crippen molar-refractivity contribution < 1.29 is 14.4 Å². The molecule has 1 aromatic carbocycles. The van der Waals surface area contributed by atoms with Crippen molar-refractivity contribution in [2.24, 2.45) is 11.8 Å². The summed E-state index contributed by atoms with van der Waals surface area (Å²) >= 11 is 0. The number of nitrogens with zero attached hydrogens (tertiary/aromatic N) is 1. The third-order valence-electron chi connectivity index (χ3n) is 7.57. The quantitative estimate of drug-likeness (QED) is 0.561. The van der Waals surface area contributed by atoms with Gasteiger partial charge in [0.1, 0.15) is 0 Å². The molecule has 1 saturated heterocycles. The first-order valence-electron chi connectivity index (χ1n) is 12.3. The molecule has 3 aliphatic rings. The van der Waals surface area contributed by atoms with Crippen molar-refractivity contribution in [2.75, 3.05) is 0 Å². The van der Waals surface area contributed by atoms with Crippen molar-refractivity contribution in [1.29, 1.82) is 0 Å². The minimum absolute atomic E-state index is 0.0302. The molecule has 1 aliphatic heterocycles. The zero-order valence-electron chi connectivity index (χ0n) is 18.8. The average Bonchev–Trinajstić information content (AvgIpc) is 2.72. The summed E-state index contributed by atoms with van der Waals surface area (Å²) in [7, 11) is 0. The second-order valence-electron chi connectivity index (χ2n) is 9.76. The number of hydrogen-bond donors (Lipinski definition) is 1. The van der Waals surface area contributed by atoms with Gasteiger partial charge in [-0.1, -0.05) is 69.1 Å². The van der Waals surface area contributed by atoms with Crippen LogP contribution in [0.15, 0.2) is 24.3 Å². The number of aryl methyl sites for hydroxylation is 1. The highest BCUT2D eigenvalue weighted by atomic mass is 16.2. The molecule has 0 radical (unpaired) electrons. The molecule has 0 bridgehead atoms. The minimum atomic E-state index is -0.301. The summed E-state index contributed by atoms with van der Waals surface area (Å²) in [6.07, 6.45) is 12.2.